The number of halogens is 1. The van der Waals surface area contributed by atoms with Crippen LogP contribution in [0.2, 0.25) is 0 Å². The summed E-state index contributed by atoms with van der Waals surface area (Å²) in [7, 11) is 0. The first kappa shape index (κ1) is 16.6. The maximum atomic E-state index is 6.02. The minimum absolute atomic E-state index is 0.0229. The van der Waals surface area contributed by atoms with E-state index in [0.717, 1.165) is 29.9 Å². The summed E-state index contributed by atoms with van der Waals surface area (Å²) in [6, 6.07) is 19.2. The minimum Gasteiger partial charge on any atom is -0.357 e. The van der Waals surface area contributed by atoms with E-state index in [0.29, 0.717) is 0 Å². The molecule has 3 aromatic rings. The lowest BCUT2D eigenvalue weighted by Gasteiger charge is -2.22. The van der Waals surface area contributed by atoms with Crippen molar-refractivity contribution in [3.8, 4) is 5.69 Å². The lowest BCUT2D eigenvalue weighted by Crippen LogP contribution is -2.23. The van der Waals surface area contributed by atoms with Crippen molar-refractivity contribution in [2.45, 2.75) is 19.7 Å². The number of nitrogens with zero attached hydrogens (tertiary/aromatic N) is 2. The third-order valence-corrected chi connectivity index (χ3v) is 5.09. The lowest BCUT2D eigenvalue weighted by atomic mass is 10.1. The fourth-order valence-electron chi connectivity index (χ4n) is 3.26. The molecule has 2 heterocycles. The van der Waals surface area contributed by atoms with Crippen LogP contribution in [0.25, 0.3) is 5.69 Å². The second kappa shape index (κ2) is 7.16. The van der Waals surface area contributed by atoms with Gasteiger partial charge in [-0.2, -0.15) is 0 Å². The molecule has 0 spiro atoms. The molecular formula is C21H21BrN2O. The van der Waals surface area contributed by atoms with Gasteiger partial charge in [-0.15, -0.1) is 0 Å². The number of rotatable bonds is 4. The molecule has 0 saturated carbocycles. The van der Waals surface area contributed by atoms with E-state index in [1.165, 1.54) is 16.7 Å². The zero-order valence-corrected chi connectivity index (χ0v) is 15.8. The second-order valence-electron chi connectivity index (χ2n) is 6.51. The Morgan fingerprint density at radius 3 is 2.76 bits per heavy atom. The summed E-state index contributed by atoms with van der Waals surface area (Å²) in [4.78, 5) is 2.39. The Balaban J connectivity index is 1.53. The monoisotopic (exact) mass is 396 g/mol. The SMILES string of the molecule is Cc1ccc(CN2CCO[C@H]2c2ccn(-c3cccc(Br)c3)c2)cc1. The van der Waals surface area contributed by atoms with E-state index < -0.39 is 0 Å². The first-order valence-electron chi connectivity index (χ1n) is 8.54. The first-order chi connectivity index (χ1) is 12.2. The average Bonchev–Trinajstić information content (AvgIpc) is 3.26. The standard InChI is InChI=1S/C21H21BrN2O/c1-16-5-7-17(8-6-16)14-24-11-12-25-21(24)18-9-10-23(15-18)20-4-2-3-19(22)13-20/h2-10,13,15,21H,11-12,14H2,1H3/t21-/m0/s1. The van der Waals surface area contributed by atoms with E-state index in [9.17, 15) is 0 Å². The molecule has 4 heteroatoms. The molecule has 128 valence electrons. The molecule has 1 aromatic heterocycles. The highest BCUT2D eigenvalue weighted by molar-refractivity contribution is 9.10. The van der Waals surface area contributed by atoms with E-state index in [1.807, 2.05) is 6.07 Å². The van der Waals surface area contributed by atoms with Crippen LogP contribution in [0.3, 0.4) is 0 Å². The predicted molar refractivity (Wildman–Crippen MR) is 104 cm³/mol. The molecule has 1 aliphatic rings. The van der Waals surface area contributed by atoms with E-state index in [2.05, 4.69) is 93.2 Å². The molecule has 1 fully saturated rings. The van der Waals surface area contributed by atoms with Gasteiger partial charge >= 0.3 is 0 Å². The summed E-state index contributed by atoms with van der Waals surface area (Å²) in [5.74, 6) is 0. The predicted octanol–water partition coefficient (Wildman–Crippen LogP) is 5.08. The van der Waals surface area contributed by atoms with Crippen LogP contribution in [-0.4, -0.2) is 22.6 Å². The van der Waals surface area contributed by atoms with E-state index in [4.69, 9.17) is 4.74 Å². The normalized spacial score (nSPS) is 17.9. The summed E-state index contributed by atoms with van der Waals surface area (Å²) < 4.78 is 9.25. The molecule has 2 aromatic carbocycles. The number of hydrogen-bond acceptors (Lipinski definition) is 2. The fraction of sp³-hybridized carbons (Fsp3) is 0.238. The maximum Gasteiger partial charge on any atom is 0.138 e. The zero-order chi connectivity index (χ0) is 17.2. The number of benzene rings is 2. The third-order valence-electron chi connectivity index (χ3n) is 4.60. The van der Waals surface area contributed by atoms with Gasteiger partial charge in [0.25, 0.3) is 0 Å². The molecule has 0 unspecified atom stereocenters. The quantitative estimate of drug-likeness (QED) is 0.611. The van der Waals surface area contributed by atoms with Gasteiger partial charge in [0.05, 0.1) is 6.61 Å². The van der Waals surface area contributed by atoms with Crippen molar-refractivity contribution >= 4 is 15.9 Å². The molecule has 0 aliphatic carbocycles. The van der Waals surface area contributed by atoms with Gasteiger partial charge in [-0.25, -0.2) is 0 Å². The highest BCUT2D eigenvalue weighted by atomic mass is 79.9. The van der Waals surface area contributed by atoms with Crippen molar-refractivity contribution in [2.75, 3.05) is 13.2 Å². The van der Waals surface area contributed by atoms with E-state index >= 15 is 0 Å². The Bertz CT molecular complexity index is 856. The first-order valence-corrected chi connectivity index (χ1v) is 9.33. The van der Waals surface area contributed by atoms with Gasteiger partial charge in [0.1, 0.15) is 6.23 Å². The Kier molecular flexibility index (Phi) is 4.75. The Morgan fingerprint density at radius 1 is 1.12 bits per heavy atom. The van der Waals surface area contributed by atoms with Gasteiger partial charge in [-0.3, -0.25) is 4.90 Å². The summed E-state index contributed by atoms with van der Waals surface area (Å²) in [6.07, 6.45) is 4.29. The summed E-state index contributed by atoms with van der Waals surface area (Å²) in [6.45, 7) is 4.77. The molecule has 0 bridgehead atoms. The van der Waals surface area contributed by atoms with Crippen molar-refractivity contribution in [1.29, 1.82) is 0 Å². The van der Waals surface area contributed by atoms with Crippen LogP contribution in [0.15, 0.2) is 71.5 Å². The summed E-state index contributed by atoms with van der Waals surface area (Å²) in [5.41, 5.74) is 4.96. The van der Waals surface area contributed by atoms with Gasteiger partial charge < -0.3 is 9.30 Å². The Morgan fingerprint density at radius 2 is 1.96 bits per heavy atom. The largest absolute Gasteiger partial charge is 0.357 e. The molecule has 0 radical (unpaired) electrons. The van der Waals surface area contributed by atoms with Crippen molar-refractivity contribution in [2.24, 2.45) is 0 Å². The van der Waals surface area contributed by atoms with Crippen LogP contribution in [0.5, 0.6) is 0 Å². The van der Waals surface area contributed by atoms with Crippen LogP contribution in [-0.2, 0) is 11.3 Å². The molecule has 0 N–H and O–H groups in total. The van der Waals surface area contributed by atoms with Gasteiger partial charge in [0, 0.05) is 41.2 Å². The van der Waals surface area contributed by atoms with Crippen molar-refractivity contribution in [3.63, 3.8) is 0 Å². The van der Waals surface area contributed by atoms with Gasteiger partial charge in [0.15, 0.2) is 0 Å². The van der Waals surface area contributed by atoms with Crippen LogP contribution in [0, 0.1) is 6.92 Å². The Labute approximate surface area is 157 Å². The van der Waals surface area contributed by atoms with Crippen molar-refractivity contribution < 1.29 is 4.74 Å². The minimum atomic E-state index is 0.0229. The summed E-state index contributed by atoms with van der Waals surface area (Å²) >= 11 is 3.54. The topological polar surface area (TPSA) is 17.4 Å². The maximum absolute atomic E-state index is 6.02. The van der Waals surface area contributed by atoms with Crippen molar-refractivity contribution in [1.82, 2.24) is 9.47 Å². The number of aryl methyl sites for hydroxylation is 1. The fourth-order valence-corrected chi connectivity index (χ4v) is 3.64. The highest BCUT2D eigenvalue weighted by Crippen LogP contribution is 2.29. The smallest absolute Gasteiger partial charge is 0.138 e. The molecule has 1 saturated heterocycles. The van der Waals surface area contributed by atoms with Crippen molar-refractivity contribution in [3.05, 3.63) is 88.2 Å². The second-order valence-corrected chi connectivity index (χ2v) is 7.43. The highest BCUT2D eigenvalue weighted by Gasteiger charge is 2.27. The molecule has 3 nitrogen and oxygen atoms in total. The molecule has 4 rings (SSSR count). The average molecular weight is 397 g/mol. The van der Waals surface area contributed by atoms with Gasteiger partial charge in [0.2, 0.25) is 0 Å². The number of hydrogen-bond donors (Lipinski definition) is 0. The third kappa shape index (κ3) is 3.71. The summed E-state index contributed by atoms with van der Waals surface area (Å²) in [5, 5.41) is 0. The van der Waals surface area contributed by atoms with Gasteiger partial charge in [-0.1, -0.05) is 51.8 Å². The molecule has 25 heavy (non-hydrogen) atoms. The molecular weight excluding hydrogens is 376 g/mol. The van der Waals surface area contributed by atoms with Crippen LogP contribution >= 0.6 is 15.9 Å². The lowest BCUT2D eigenvalue weighted by molar-refractivity contribution is 0.0288. The van der Waals surface area contributed by atoms with Crippen LogP contribution in [0.1, 0.15) is 22.9 Å². The number of ether oxygens (including phenoxy) is 1. The van der Waals surface area contributed by atoms with Crippen LogP contribution < -0.4 is 0 Å². The molecule has 1 aliphatic heterocycles. The number of aromatic nitrogens is 1. The molecule has 1 atom stereocenters. The van der Waals surface area contributed by atoms with Crippen LogP contribution in [0.4, 0.5) is 0 Å². The molecule has 0 amide bonds. The van der Waals surface area contributed by atoms with Gasteiger partial charge in [-0.05, 0) is 36.8 Å². The Hall–Kier alpha value is -1.88. The zero-order valence-electron chi connectivity index (χ0n) is 14.2. The van der Waals surface area contributed by atoms with E-state index in [-0.39, 0.29) is 6.23 Å². The van der Waals surface area contributed by atoms with E-state index in [1.54, 1.807) is 0 Å².